The standard InChI is InChI=1S/C13H17N5O2/c1-10-6-11(20-16-10)8-17-4-3-5-18(9-17)12-7-13(19-2)15-14-12/h3-4,6-7H,5,8-9H2,1-2H3,(H,14,15). The van der Waals surface area contributed by atoms with Crippen molar-refractivity contribution in [2.75, 3.05) is 25.2 Å². The Labute approximate surface area is 116 Å². The molecule has 0 spiro atoms. The van der Waals surface area contributed by atoms with Gasteiger partial charge in [0.05, 0.1) is 26.0 Å². The van der Waals surface area contributed by atoms with Crippen LogP contribution in [-0.2, 0) is 6.54 Å². The molecule has 0 saturated carbocycles. The minimum atomic E-state index is 0.590. The third-order valence-corrected chi connectivity index (χ3v) is 3.12. The van der Waals surface area contributed by atoms with Crippen LogP contribution in [0.4, 0.5) is 5.82 Å². The van der Waals surface area contributed by atoms with E-state index in [2.05, 4.69) is 37.4 Å². The van der Waals surface area contributed by atoms with Crippen LogP contribution in [0.15, 0.2) is 28.9 Å². The van der Waals surface area contributed by atoms with E-state index < -0.39 is 0 Å². The lowest BCUT2D eigenvalue weighted by Gasteiger charge is -2.32. The van der Waals surface area contributed by atoms with E-state index >= 15 is 0 Å². The average Bonchev–Trinajstić information content (AvgIpc) is 3.08. The van der Waals surface area contributed by atoms with E-state index in [1.165, 1.54) is 0 Å². The molecule has 0 amide bonds. The molecule has 0 atom stereocenters. The van der Waals surface area contributed by atoms with Gasteiger partial charge in [-0.2, -0.15) is 0 Å². The molecule has 1 aliphatic heterocycles. The lowest BCUT2D eigenvalue weighted by Crippen LogP contribution is -2.38. The van der Waals surface area contributed by atoms with Gasteiger partial charge in [-0.25, -0.2) is 0 Å². The van der Waals surface area contributed by atoms with Gasteiger partial charge in [0.25, 0.3) is 0 Å². The number of aryl methyl sites for hydroxylation is 1. The fourth-order valence-electron chi connectivity index (χ4n) is 2.18. The minimum absolute atomic E-state index is 0.590. The highest BCUT2D eigenvalue weighted by Gasteiger charge is 2.16. The van der Waals surface area contributed by atoms with Crippen molar-refractivity contribution in [3.63, 3.8) is 0 Å². The van der Waals surface area contributed by atoms with Gasteiger partial charge in [0.1, 0.15) is 5.82 Å². The number of ether oxygens (including phenoxy) is 1. The number of hydrogen-bond donors (Lipinski definition) is 1. The van der Waals surface area contributed by atoms with E-state index in [1.807, 2.05) is 19.1 Å². The van der Waals surface area contributed by atoms with Crippen molar-refractivity contribution in [2.45, 2.75) is 13.5 Å². The Morgan fingerprint density at radius 2 is 2.35 bits per heavy atom. The maximum atomic E-state index is 5.25. The third kappa shape index (κ3) is 2.61. The maximum Gasteiger partial charge on any atom is 0.234 e. The molecule has 7 nitrogen and oxygen atoms in total. The number of anilines is 1. The number of methoxy groups -OCH3 is 1. The van der Waals surface area contributed by atoms with Gasteiger partial charge in [-0.3, -0.25) is 5.10 Å². The molecule has 106 valence electrons. The van der Waals surface area contributed by atoms with Crippen molar-refractivity contribution >= 4 is 5.82 Å². The topological polar surface area (TPSA) is 70.4 Å². The van der Waals surface area contributed by atoms with Crippen molar-refractivity contribution in [2.24, 2.45) is 0 Å². The molecule has 0 bridgehead atoms. The van der Waals surface area contributed by atoms with Crippen LogP contribution in [0.1, 0.15) is 11.5 Å². The van der Waals surface area contributed by atoms with E-state index in [-0.39, 0.29) is 0 Å². The highest BCUT2D eigenvalue weighted by molar-refractivity contribution is 5.42. The number of rotatable bonds is 4. The Hall–Kier alpha value is -2.44. The number of nitrogens with one attached hydrogen (secondary N) is 1. The normalized spacial score (nSPS) is 14.9. The first-order chi connectivity index (χ1) is 9.74. The van der Waals surface area contributed by atoms with Crippen molar-refractivity contribution in [3.05, 3.63) is 35.9 Å². The van der Waals surface area contributed by atoms with Gasteiger partial charge in [-0.05, 0) is 19.2 Å². The summed E-state index contributed by atoms with van der Waals surface area (Å²) in [5.74, 6) is 2.38. The summed E-state index contributed by atoms with van der Waals surface area (Å²) in [6.45, 7) is 4.19. The largest absolute Gasteiger partial charge is 0.480 e. The van der Waals surface area contributed by atoms with Gasteiger partial charge in [-0.1, -0.05) is 5.16 Å². The number of aromatic nitrogens is 3. The van der Waals surface area contributed by atoms with Gasteiger partial charge in [0, 0.05) is 18.7 Å². The Kier molecular flexibility index (Phi) is 3.32. The summed E-state index contributed by atoms with van der Waals surface area (Å²) in [4.78, 5) is 4.31. The predicted octanol–water partition coefficient (Wildman–Crippen LogP) is 1.51. The van der Waals surface area contributed by atoms with Crippen LogP contribution in [0, 0.1) is 6.92 Å². The van der Waals surface area contributed by atoms with Crippen LogP contribution in [0.2, 0.25) is 0 Å². The van der Waals surface area contributed by atoms with Gasteiger partial charge in [0.15, 0.2) is 5.76 Å². The van der Waals surface area contributed by atoms with E-state index in [1.54, 1.807) is 7.11 Å². The first-order valence-electron chi connectivity index (χ1n) is 6.42. The summed E-state index contributed by atoms with van der Waals surface area (Å²) in [6, 6.07) is 3.84. The molecule has 7 heteroatoms. The second-order valence-electron chi connectivity index (χ2n) is 4.73. The van der Waals surface area contributed by atoms with Gasteiger partial charge < -0.3 is 19.1 Å². The number of aromatic amines is 1. The molecule has 20 heavy (non-hydrogen) atoms. The molecule has 0 radical (unpaired) electrons. The Balaban J connectivity index is 1.67. The molecule has 2 aromatic rings. The van der Waals surface area contributed by atoms with E-state index in [0.717, 1.165) is 30.5 Å². The molecule has 3 heterocycles. The zero-order valence-corrected chi connectivity index (χ0v) is 11.5. The fraction of sp³-hybridized carbons (Fsp3) is 0.385. The monoisotopic (exact) mass is 275 g/mol. The summed E-state index contributed by atoms with van der Waals surface area (Å²) >= 11 is 0. The first kappa shape index (κ1) is 12.6. The molecule has 3 rings (SSSR count). The lowest BCUT2D eigenvalue weighted by atomic mass is 10.3. The van der Waals surface area contributed by atoms with Gasteiger partial charge in [0.2, 0.25) is 5.88 Å². The molecule has 1 N–H and O–H groups in total. The zero-order valence-electron chi connectivity index (χ0n) is 11.5. The van der Waals surface area contributed by atoms with E-state index in [0.29, 0.717) is 12.4 Å². The Bertz CT molecular complexity index is 603. The second kappa shape index (κ2) is 5.28. The Morgan fingerprint density at radius 1 is 1.45 bits per heavy atom. The van der Waals surface area contributed by atoms with E-state index in [9.17, 15) is 0 Å². The molecule has 0 aliphatic carbocycles. The smallest absolute Gasteiger partial charge is 0.234 e. The van der Waals surface area contributed by atoms with Crippen LogP contribution in [0.3, 0.4) is 0 Å². The molecule has 0 aromatic carbocycles. The van der Waals surface area contributed by atoms with Crippen molar-refractivity contribution in [1.82, 2.24) is 20.3 Å². The van der Waals surface area contributed by atoms with Gasteiger partial charge in [-0.15, -0.1) is 5.10 Å². The van der Waals surface area contributed by atoms with Crippen molar-refractivity contribution < 1.29 is 9.26 Å². The van der Waals surface area contributed by atoms with Gasteiger partial charge >= 0.3 is 0 Å². The van der Waals surface area contributed by atoms with E-state index in [4.69, 9.17) is 9.26 Å². The van der Waals surface area contributed by atoms with Crippen molar-refractivity contribution in [1.29, 1.82) is 0 Å². The summed E-state index contributed by atoms with van der Waals surface area (Å²) in [5.41, 5.74) is 0.899. The third-order valence-electron chi connectivity index (χ3n) is 3.12. The van der Waals surface area contributed by atoms with Crippen LogP contribution in [0.5, 0.6) is 5.88 Å². The molecule has 0 fully saturated rings. The van der Waals surface area contributed by atoms with Crippen LogP contribution in [0.25, 0.3) is 0 Å². The molecular formula is C13H17N5O2. The van der Waals surface area contributed by atoms with Crippen LogP contribution in [-0.4, -0.2) is 40.6 Å². The lowest BCUT2D eigenvalue weighted by molar-refractivity contribution is 0.289. The fourth-order valence-corrected chi connectivity index (χ4v) is 2.18. The van der Waals surface area contributed by atoms with Crippen molar-refractivity contribution in [3.8, 4) is 5.88 Å². The highest BCUT2D eigenvalue weighted by atomic mass is 16.5. The summed E-state index contributed by atoms with van der Waals surface area (Å²) in [7, 11) is 1.61. The summed E-state index contributed by atoms with van der Waals surface area (Å²) in [6.07, 6.45) is 4.17. The summed E-state index contributed by atoms with van der Waals surface area (Å²) in [5, 5.41) is 10.9. The first-order valence-corrected chi connectivity index (χ1v) is 6.42. The Morgan fingerprint density at radius 3 is 3.05 bits per heavy atom. The minimum Gasteiger partial charge on any atom is -0.480 e. The number of H-pyrrole nitrogens is 1. The maximum absolute atomic E-state index is 5.25. The average molecular weight is 275 g/mol. The molecular weight excluding hydrogens is 258 g/mol. The zero-order chi connectivity index (χ0) is 13.9. The van der Waals surface area contributed by atoms with Crippen LogP contribution >= 0.6 is 0 Å². The number of hydrogen-bond acceptors (Lipinski definition) is 6. The highest BCUT2D eigenvalue weighted by Crippen LogP contribution is 2.20. The summed E-state index contributed by atoms with van der Waals surface area (Å²) < 4.78 is 10.3. The second-order valence-corrected chi connectivity index (χ2v) is 4.73. The molecule has 2 aromatic heterocycles. The number of nitrogens with zero attached hydrogens (tertiary/aromatic N) is 4. The molecule has 1 aliphatic rings. The van der Waals surface area contributed by atoms with Crippen LogP contribution < -0.4 is 9.64 Å². The molecule has 0 unspecified atom stereocenters. The SMILES string of the molecule is COc1cc(N2CC=CN(Cc3cc(C)no3)C2)[nH]n1. The molecule has 0 saturated heterocycles. The quantitative estimate of drug-likeness (QED) is 0.912. The predicted molar refractivity (Wildman–Crippen MR) is 73.3 cm³/mol.